The van der Waals surface area contributed by atoms with Crippen LogP contribution in [0.15, 0.2) is 28.7 Å². The van der Waals surface area contributed by atoms with Crippen molar-refractivity contribution in [2.75, 3.05) is 18.2 Å². The summed E-state index contributed by atoms with van der Waals surface area (Å²) in [5.41, 5.74) is 0.158. The lowest BCUT2D eigenvalue weighted by molar-refractivity contribution is 0.102. The summed E-state index contributed by atoms with van der Waals surface area (Å²) < 4.78 is 29.8. The number of amides is 1. The van der Waals surface area contributed by atoms with E-state index in [2.05, 4.69) is 15.3 Å². The third-order valence-electron chi connectivity index (χ3n) is 3.24. The molecule has 1 amide bonds. The number of nitrogens with zero attached hydrogens (tertiary/aromatic N) is 2. The zero-order valence-corrected chi connectivity index (χ0v) is 15.1. The molecule has 0 saturated carbocycles. The Balaban J connectivity index is 2.28. The lowest BCUT2D eigenvalue weighted by Gasteiger charge is -2.09. The van der Waals surface area contributed by atoms with Gasteiger partial charge in [-0.05, 0) is 12.5 Å². The van der Waals surface area contributed by atoms with E-state index in [1.807, 2.05) is 6.92 Å². The van der Waals surface area contributed by atoms with Crippen LogP contribution in [0.5, 0.6) is 5.88 Å². The van der Waals surface area contributed by atoms with Crippen LogP contribution in [-0.2, 0) is 9.84 Å². The number of hydrogen-bond donors (Lipinski definition) is 1. The van der Waals surface area contributed by atoms with Gasteiger partial charge < -0.3 is 4.74 Å². The van der Waals surface area contributed by atoms with Crippen LogP contribution >= 0.6 is 11.3 Å². The highest BCUT2D eigenvalue weighted by Crippen LogP contribution is 2.20. The Kier molecular flexibility index (Phi) is 6.27. The second kappa shape index (κ2) is 8.20. The Morgan fingerprint density at radius 2 is 2.12 bits per heavy atom. The van der Waals surface area contributed by atoms with Crippen molar-refractivity contribution in [3.8, 4) is 5.88 Å². The van der Waals surface area contributed by atoms with Crippen molar-refractivity contribution >= 4 is 32.2 Å². The summed E-state index contributed by atoms with van der Waals surface area (Å²) in [6.45, 7) is 2.00. The number of hydrogen-bond acceptors (Lipinski definition) is 7. The summed E-state index contributed by atoms with van der Waals surface area (Å²) in [5.74, 6) is -0.388. The molecule has 1 N–H and O–H groups in total. The van der Waals surface area contributed by atoms with Crippen molar-refractivity contribution < 1.29 is 17.9 Å². The van der Waals surface area contributed by atoms with Crippen LogP contribution in [0.3, 0.4) is 0 Å². The number of carbonyl (C=O) groups is 1. The third-order valence-corrected chi connectivity index (χ3v) is 5.60. The quantitative estimate of drug-likeness (QED) is 0.719. The molecule has 2 aromatic rings. The molecule has 9 heteroatoms. The molecule has 0 unspecified atom stereocenters. The number of sulfone groups is 1. The molecule has 0 aliphatic carbocycles. The summed E-state index contributed by atoms with van der Waals surface area (Å²) in [6, 6.07) is 2.67. The molecule has 0 bridgehead atoms. The molecule has 24 heavy (non-hydrogen) atoms. The van der Waals surface area contributed by atoms with Gasteiger partial charge in [0.15, 0.2) is 20.0 Å². The van der Waals surface area contributed by atoms with E-state index in [9.17, 15) is 13.2 Å². The number of unbranched alkanes of at least 4 members (excludes halogenated alkanes) is 2. The molecule has 130 valence electrons. The highest BCUT2D eigenvalue weighted by Gasteiger charge is 2.20. The largest absolute Gasteiger partial charge is 0.481 e. The topological polar surface area (TPSA) is 98.2 Å². The van der Waals surface area contributed by atoms with Gasteiger partial charge in [0.2, 0.25) is 5.88 Å². The molecule has 2 heterocycles. The number of methoxy groups -OCH3 is 1. The van der Waals surface area contributed by atoms with Crippen LogP contribution in [0.2, 0.25) is 0 Å². The fourth-order valence-electron chi connectivity index (χ4n) is 1.98. The highest BCUT2D eigenvalue weighted by atomic mass is 32.2. The SMILES string of the molecule is CCCCCS(=O)(=O)c1cc(C(=O)Nc2nccs2)cc(OC)n1. The van der Waals surface area contributed by atoms with E-state index in [1.54, 1.807) is 11.6 Å². The van der Waals surface area contributed by atoms with E-state index >= 15 is 0 Å². The molecule has 0 aliphatic rings. The molecule has 0 aromatic carbocycles. The first-order valence-corrected chi connectivity index (χ1v) is 9.99. The van der Waals surface area contributed by atoms with Crippen molar-refractivity contribution in [2.45, 2.75) is 31.2 Å². The van der Waals surface area contributed by atoms with E-state index in [0.29, 0.717) is 11.6 Å². The van der Waals surface area contributed by atoms with E-state index in [-0.39, 0.29) is 22.2 Å². The van der Waals surface area contributed by atoms with Gasteiger partial charge in [-0.3, -0.25) is 10.1 Å². The molecule has 0 spiro atoms. The number of pyridine rings is 1. The predicted octanol–water partition coefficient (Wildman–Crippen LogP) is 2.76. The fourth-order valence-corrected chi connectivity index (χ4v) is 3.83. The van der Waals surface area contributed by atoms with E-state index in [0.717, 1.165) is 12.8 Å². The maximum absolute atomic E-state index is 12.4. The monoisotopic (exact) mass is 369 g/mol. The fraction of sp³-hybridized carbons (Fsp3) is 0.400. The third kappa shape index (κ3) is 4.75. The van der Waals surface area contributed by atoms with Gasteiger partial charge in [0, 0.05) is 23.2 Å². The average Bonchev–Trinajstić information content (AvgIpc) is 3.07. The van der Waals surface area contributed by atoms with Crippen molar-refractivity contribution in [1.82, 2.24) is 9.97 Å². The van der Waals surface area contributed by atoms with Gasteiger partial charge in [-0.15, -0.1) is 11.3 Å². The summed E-state index contributed by atoms with van der Waals surface area (Å²) in [6.07, 6.45) is 3.86. The Bertz CT molecular complexity index is 789. The van der Waals surface area contributed by atoms with Crippen LogP contribution in [0.4, 0.5) is 5.13 Å². The Morgan fingerprint density at radius 3 is 2.75 bits per heavy atom. The standard InChI is InChI=1S/C15H19N3O4S2/c1-3-4-5-8-24(20,21)13-10-11(9-12(17-13)22-2)14(19)18-15-16-6-7-23-15/h6-7,9-10H,3-5,8H2,1-2H3,(H,16,18,19). The molecule has 0 atom stereocenters. The van der Waals surface area contributed by atoms with Crippen LogP contribution in [0.25, 0.3) is 0 Å². The first-order valence-electron chi connectivity index (χ1n) is 7.46. The number of rotatable bonds is 8. The Labute approximate surface area is 145 Å². The molecule has 0 fully saturated rings. The normalized spacial score (nSPS) is 11.2. The van der Waals surface area contributed by atoms with Gasteiger partial charge in [0.25, 0.3) is 5.91 Å². The summed E-state index contributed by atoms with van der Waals surface area (Å²) >= 11 is 1.27. The molecule has 0 aliphatic heterocycles. The van der Waals surface area contributed by atoms with Crippen LogP contribution in [0, 0.1) is 0 Å². The zero-order chi connectivity index (χ0) is 17.6. The Hall–Kier alpha value is -2.00. The molecule has 2 aromatic heterocycles. The van der Waals surface area contributed by atoms with Gasteiger partial charge in [-0.25, -0.2) is 18.4 Å². The van der Waals surface area contributed by atoms with Crippen LogP contribution in [0.1, 0.15) is 36.5 Å². The predicted molar refractivity (Wildman–Crippen MR) is 92.4 cm³/mol. The van der Waals surface area contributed by atoms with Gasteiger partial charge >= 0.3 is 0 Å². The number of nitrogens with one attached hydrogen (secondary N) is 1. The molecular formula is C15H19N3O4S2. The first kappa shape index (κ1) is 18.3. The maximum Gasteiger partial charge on any atom is 0.257 e. The van der Waals surface area contributed by atoms with Crippen molar-refractivity contribution in [3.05, 3.63) is 29.3 Å². The second-order valence-corrected chi connectivity index (χ2v) is 8.00. The Morgan fingerprint density at radius 1 is 1.33 bits per heavy atom. The molecule has 0 saturated heterocycles. The van der Waals surface area contributed by atoms with Crippen molar-refractivity contribution in [2.24, 2.45) is 0 Å². The smallest absolute Gasteiger partial charge is 0.257 e. The lowest BCUT2D eigenvalue weighted by atomic mass is 10.2. The first-order chi connectivity index (χ1) is 11.5. The second-order valence-electron chi connectivity index (χ2n) is 5.05. The highest BCUT2D eigenvalue weighted by molar-refractivity contribution is 7.91. The van der Waals surface area contributed by atoms with Gasteiger partial charge in [0.1, 0.15) is 0 Å². The number of thiazole rings is 1. The summed E-state index contributed by atoms with van der Waals surface area (Å²) in [4.78, 5) is 20.2. The van der Waals surface area contributed by atoms with Crippen molar-refractivity contribution in [1.29, 1.82) is 0 Å². The van der Waals surface area contributed by atoms with Crippen LogP contribution < -0.4 is 10.1 Å². The minimum absolute atomic E-state index is 0.00541. The molecule has 7 nitrogen and oxygen atoms in total. The van der Waals surface area contributed by atoms with E-state index < -0.39 is 15.7 Å². The molecule has 2 rings (SSSR count). The van der Waals surface area contributed by atoms with E-state index in [4.69, 9.17) is 4.74 Å². The molecular weight excluding hydrogens is 350 g/mol. The number of anilines is 1. The van der Waals surface area contributed by atoms with Gasteiger partial charge in [-0.1, -0.05) is 19.8 Å². The van der Waals surface area contributed by atoms with Gasteiger partial charge in [-0.2, -0.15) is 0 Å². The van der Waals surface area contributed by atoms with E-state index in [1.165, 1.54) is 30.6 Å². The lowest BCUT2D eigenvalue weighted by Crippen LogP contribution is -2.15. The summed E-state index contributed by atoms with van der Waals surface area (Å²) in [7, 11) is -2.19. The maximum atomic E-state index is 12.4. The minimum Gasteiger partial charge on any atom is -0.481 e. The minimum atomic E-state index is -3.57. The zero-order valence-electron chi connectivity index (χ0n) is 13.5. The average molecular weight is 369 g/mol. The summed E-state index contributed by atoms with van der Waals surface area (Å²) in [5, 5.41) is 4.62. The number of aromatic nitrogens is 2. The molecule has 0 radical (unpaired) electrons. The van der Waals surface area contributed by atoms with Crippen LogP contribution in [-0.4, -0.2) is 37.2 Å². The number of ether oxygens (including phenoxy) is 1. The van der Waals surface area contributed by atoms with Crippen molar-refractivity contribution in [3.63, 3.8) is 0 Å². The van der Waals surface area contributed by atoms with Gasteiger partial charge in [0.05, 0.1) is 12.9 Å². The number of carbonyl (C=O) groups excluding carboxylic acids is 1.